The lowest BCUT2D eigenvalue weighted by molar-refractivity contribution is -0.137. The van der Waals surface area contributed by atoms with Gasteiger partial charge in [0, 0.05) is 31.3 Å². The van der Waals surface area contributed by atoms with Gasteiger partial charge in [0.15, 0.2) is 0 Å². The first-order valence-corrected chi connectivity index (χ1v) is 8.84. The van der Waals surface area contributed by atoms with Gasteiger partial charge in [-0.3, -0.25) is 9.59 Å². The predicted octanol–water partition coefficient (Wildman–Crippen LogP) is 1.65. The van der Waals surface area contributed by atoms with E-state index in [0.29, 0.717) is 37.7 Å². The molecule has 1 aliphatic heterocycles. The number of hydrogen-bond acceptors (Lipinski definition) is 4. The van der Waals surface area contributed by atoms with Gasteiger partial charge in [0.25, 0.3) is 0 Å². The molecule has 0 saturated carbocycles. The van der Waals surface area contributed by atoms with Crippen LogP contribution >= 0.6 is 11.6 Å². The number of hydrogen-bond donors (Lipinski definition) is 1. The zero-order chi connectivity index (χ0) is 18.1. The number of halogens is 1. The number of ether oxygens (including phenoxy) is 2. The van der Waals surface area contributed by atoms with Crippen LogP contribution in [0.15, 0.2) is 24.3 Å². The highest BCUT2D eigenvalue weighted by Gasteiger charge is 2.23. The summed E-state index contributed by atoms with van der Waals surface area (Å²) in [6, 6.07) is 7.38. The van der Waals surface area contributed by atoms with E-state index in [1.165, 1.54) is 0 Å². The highest BCUT2D eigenvalue weighted by atomic mass is 35.5. The SMILES string of the molecule is COCCOCC(=O)N1CCC(NC(=O)Cc2ccc(Cl)cc2)CC1. The molecule has 1 saturated heterocycles. The Morgan fingerprint density at radius 1 is 1.20 bits per heavy atom. The molecule has 1 N–H and O–H groups in total. The molecule has 7 heteroatoms. The molecule has 0 aliphatic carbocycles. The van der Waals surface area contributed by atoms with Crippen LogP contribution in [0.3, 0.4) is 0 Å². The first-order chi connectivity index (χ1) is 12.1. The molecule has 0 spiro atoms. The maximum absolute atomic E-state index is 12.1. The zero-order valence-electron chi connectivity index (χ0n) is 14.5. The van der Waals surface area contributed by atoms with Crippen LogP contribution in [-0.4, -0.2) is 62.8 Å². The van der Waals surface area contributed by atoms with Gasteiger partial charge in [-0.25, -0.2) is 0 Å². The molecule has 0 atom stereocenters. The monoisotopic (exact) mass is 368 g/mol. The van der Waals surface area contributed by atoms with E-state index in [-0.39, 0.29) is 24.5 Å². The summed E-state index contributed by atoms with van der Waals surface area (Å²) in [5.41, 5.74) is 0.933. The average Bonchev–Trinajstić information content (AvgIpc) is 2.61. The van der Waals surface area contributed by atoms with Crippen molar-refractivity contribution < 1.29 is 19.1 Å². The summed E-state index contributed by atoms with van der Waals surface area (Å²) >= 11 is 5.84. The average molecular weight is 369 g/mol. The smallest absolute Gasteiger partial charge is 0.248 e. The number of nitrogens with one attached hydrogen (secondary N) is 1. The van der Waals surface area contributed by atoms with Crippen LogP contribution in [-0.2, 0) is 25.5 Å². The number of carbonyl (C=O) groups excluding carboxylic acids is 2. The van der Waals surface area contributed by atoms with E-state index in [1.807, 2.05) is 12.1 Å². The predicted molar refractivity (Wildman–Crippen MR) is 95.6 cm³/mol. The van der Waals surface area contributed by atoms with E-state index in [1.54, 1.807) is 24.1 Å². The molecule has 2 amide bonds. The molecule has 1 heterocycles. The Morgan fingerprint density at radius 2 is 1.88 bits per heavy atom. The maximum Gasteiger partial charge on any atom is 0.248 e. The van der Waals surface area contributed by atoms with Crippen molar-refractivity contribution in [3.63, 3.8) is 0 Å². The number of rotatable bonds is 8. The van der Waals surface area contributed by atoms with Gasteiger partial charge >= 0.3 is 0 Å². The first kappa shape index (κ1) is 19.7. The number of methoxy groups -OCH3 is 1. The Balaban J connectivity index is 1.66. The molecule has 1 aliphatic rings. The number of likely N-dealkylation sites (tertiary alicyclic amines) is 1. The quantitative estimate of drug-likeness (QED) is 0.708. The van der Waals surface area contributed by atoms with E-state index in [4.69, 9.17) is 21.1 Å². The van der Waals surface area contributed by atoms with Crippen molar-refractivity contribution in [2.24, 2.45) is 0 Å². The second-order valence-corrected chi connectivity index (χ2v) is 6.51. The second kappa shape index (κ2) is 10.4. The second-order valence-electron chi connectivity index (χ2n) is 6.07. The highest BCUT2D eigenvalue weighted by Crippen LogP contribution is 2.12. The van der Waals surface area contributed by atoms with Crippen molar-refractivity contribution in [1.82, 2.24) is 10.2 Å². The van der Waals surface area contributed by atoms with Crippen LogP contribution in [0.1, 0.15) is 18.4 Å². The van der Waals surface area contributed by atoms with Gasteiger partial charge in [-0.05, 0) is 30.5 Å². The van der Waals surface area contributed by atoms with Gasteiger partial charge < -0.3 is 19.7 Å². The molecule has 1 aromatic carbocycles. The van der Waals surface area contributed by atoms with Crippen molar-refractivity contribution in [3.05, 3.63) is 34.9 Å². The third kappa shape index (κ3) is 7.02. The minimum Gasteiger partial charge on any atom is -0.382 e. The van der Waals surface area contributed by atoms with E-state index in [2.05, 4.69) is 5.32 Å². The number of amides is 2. The molecule has 138 valence electrons. The number of carbonyl (C=O) groups is 2. The molecule has 0 bridgehead atoms. The van der Waals surface area contributed by atoms with Crippen LogP contribution in [0.4, 0.5) is 0 Å². The molecular weight excluding hydrogens is 344 g/mol. The largest absolute Gasteiger partial charge is 0.382 e. The van der Waals surface area contributed by atoms with Gasteiger partial charge in [0.2, 0.25) is 11.8 Å². The van der Waals surface area contributed by atoms with Crippen molar-refractivity contribution in [3.8, 4) is 0 Å². The van der Waals surface area contributed by atoms with E-state index in [9.17, 15) is 9.59 Å². The summed E-state index contributed by atoms with van der Waals surface area (Å²) in [6.07, 6.45) is 1.86. The normalized spacial score (nSPS) is 15.2. The summed E-state index contributed by atoms with van der Waals surface area (Å²) in [5.74, 6) is -0.0166. The Bertz CT molecular complexity index is 557. The molecular formula is C18H25ClN2O4. The van der Waals surface area contributed by atoms with Crippen LogP contribution in [0.2, 0.25) is 5.02 Å². The van der Waals surface area contributed by atoms with Crippen molar-refractivity contribution in [1.29, 1.82) is 0 Å². The first-order valence-electron chi connectivity index (χ1n) is 8.46. The van der Waals surface area contributed by atoms with Gasteiger partial charge in [-0.15, -0.1) is 0 Å². The van der Waals surface area contributed by atoms with Gasteiger partial charge in [-0.1, -0.05) is 23.7 Å². The lowest BCUT2D eigenvalue weighted by Crippen LogP contribution is -2.47. The van der Waals surface area contributed by atoms with Crippen molar-refractivity contribution >= 4 is 23.4 Å². The lowest BCUT2D eigenvalue weighted by atomic mass is 10.0. The van der Waals surface area contributed by atoms with Crippen LogP contribution < -0.4 is 5.32 Å². The molecule has 0 radical (unpaired) electrons. The Hall–Kier alpha value is -1.63. The summed E-state index contributed by atoms with van der Waals surface area (Å²) in [7, 11) is 1.59. The van der Waals surface area contributed by atoms with Gasteiger partial charge in [0.1, 0.15) is 6.61 Å². The molecule has 1 fully saturated rings. The molecule has 0 aromatic heterocycles. The standard InChI is InChI=1S/C18H25ClN2O4/c1-24-10-11-25-13-18(23)21-8-6-16(7-9-21)20-17(22)12-14-2-4-15(19)5-3-14/h2-5,16H,6-13H2,1H3,(H,20,22). The number of piperidine rings is 1. The van der Waals surface area contributed by atoms with Crippen LogP contribution in [0.5, 0.6) is 0 Å². The summed E-state index contributed by atoms with van der Waals surface area (Å²) in [6.45, 7) is 2.25. The van der Waals surface area contributed by atoms with Gasteiger partial charge in [0.05, 0.1) is 19.6 Å². The van der Waals surface area contributed by atoms with Crippen molar-refractivity contribution in [2.45, 2.75) is 25.3 Å². The Labute approximate surface area is 153 Å². The lowest BCUT2D eigenvalue weighted by Gasteiger charge is -2.32. The van der Waals surface area contributed by atoms with Gasteiger partial charge in [-0.2, -0.15) is 0 Å². The maximum atomic E-state index is 12.1. The third-order valence-corrected chi connectivity index (χ3v) is 4.40. The Morgan fingerprint density at radius 3 is 2.52 bits per heavy atom. The molecule has 6 nitrogen and oxygen atoms in total. The van der Waals surface area contributed by atoms with E-state index in [0.717, 1.165) is 18.4 Å². The highest BCUT2D eigenvalue weighted by molar-refractivity contribution is 6.30. The van der Waals surface area contributed by atoms with Crippen molar-refractivity contribution in [2.75, 3.05) is 40.0 Å². The summed E-state index contributed by atoms with van der Waals surface area (Å²) in [4.78, 5) is 25.9. The van der Waals surface area contributed by atoms with E-state index >= 15 is 0 Å². The fourth-order valence-corrected chi connectivity index (χ4v) is 2.86. The fourth-order valence-electron chi connectivity index (χ4n) is 2.73. The van der Waals surface area contributed by atoms with E-state index < -0.39 is 0 Å². The molecule has 2 rings (SSSR count). The van der Waals surface area contributed by atoms with Crippen LogP contribution in [0.25, 0.3) is 0 Å². The topological polar surface area (TPSA) is 67.9 Å². The minimum absolute atomic E-state index is 0.00463. The Kier molecular flexibility index (Phi) is 8.18. The molecule has 25 heavy (non-hydrogen) atoms. The molecule has 1 aromatic rings. The van der Waals surface area contributed by atoms with Crippen LogP contribution in [0, 0.1) is 0 Å². The molecule has 0 unspecified atom stereocenters. The number of benzene rings is 1. The summed E-state index contributed by atoms with van der Waals surface area (Å²) < 4.78 is 10.1. The summed E-state index contributed by atoms with van der Waals surface area (Å²) in [5, 5.41) is 3.70. The zero-order valence-corrected chi connectivity index (χ0v) is 15.3. The fraction of sp³-hybridized carbons (Fsp3) is 0.556. The minimum atomic E-state index is -0.0120. The number of nitrogens with zero attached hydrogens (tertiary/aromatic N) is 1. The third-order valence-electron chi connectivity index (χ3n) is 4.15.